The highest BCUT2D eigenvalue weighted by Crippen LogP contribution is 2.25. The lowest BCUT2D eigenvalue weighted by Gasteiger charge is -2.33. The third-order valence-electron chi connectivity index (χ3n) is 3.41. The van der Waals surface area contributed by atoms with Crippen molar-refractivity contribution in [1.82, 2.24) is 9.62 Å². The lowest BCUT2D eigenvalue weighted by Crippen LogP contribution is -2.42. The second-order valence-corrected chi connectivity index (χ2v) is 7.38. The van der Waals surface area contributed by atoms with Gasteiger partial charge in [-0.25, -0.2) is 12.7 Å². The quantitative estimate of drug-likeness (QED) is 0.676. The van der Waals surface area contributed by atoms with Crippen LogP contribution in [-0.2, 0) is 10.0 Å². The molecule has 1 rings (SSSR count). The maximum atomic E-state index is 12.0. The van der Waals surface area contributed by atoms with Crippen molar-refractivity contribution in [3.8, 4) is 0 Å². The molecule has 0 saturated heterocycles. The SMILES string of the molecule is CC(C)NCCCCS(=O)(=O)N(C)C1CCC1. The van der Waals surface area contributed by atoms with E-state index in [1.54, 1.807) is 11.4 Å². The molecule has 5 heteroatoms. The Kier molecular flexibility index (Phi) is 5.89. The normalized spacial score (nSPS) is 17.7. The van der Waals surface area contributed by atoms with Gasteiger partial charge in [0.05, 0.1) is 5.75 Å². The Morgan fingerprint density at radius 1 is 1.29 bits per heavy atom. The zero-order chi connectivity index (χ0) is 12.9. The number of unbranched alkanes of at least 4 members (excludes halogenated alkanes) is 1. The molecule has 0 aliphatic heterocycles. The Morgan fingerprint density at radius 3 is 2.41 bits per heavy atom. The second-order valence-electron chi connectivity index (χ2n) is 5.23. The molecule has 0 radical (unpaired) electrons. The van der Waals surface area contributed by atoms with Gasteiger partial charge in [0.15, 0.2) is 0 Å². The predicted octanol–water partition coefficient (Wildman–Crippen LogP) is 1.58. The van der Waals surface area contributed by atoms with Crippen molar-refractivity contribution in [2.24, 2.45) is 0 Å². The highest BCUT2D eigenvalue weighted by molar-refractivity contribution is 7.89. The summed E-state index contributed by atoms with van der Waals surface area (Å²) in [5.41, 5.74) is 0. The van der Waals surface area contributed by atoms with Crippen LogP contribution in [0.1, 0.15) is 46.0 Å². The molecule has 1 fully saturated rings. The van der Waals surface area contributed by atoms with E-state index in [1.165, 1.54) is 6.42 Å². The van der Waals surface area contributed by atoms with Gasteiger partial charge >= 0.3 is 0 Å². The van der Waals surface area contributed by atoms with E-state index in [0.29, 0.717) is 11.8 Å². The van der Waals surface area contributed by atoms with Crippen LogP contribution < -0.4 is 5.32 Å². The third-order valence-corrected chi connectivity index (χ3v) is 5.39. The van der Waals surface area contributed by atoms with Crippen LogP contribution in [0, 0.1) is 0 Å². The molecule has 0 aromatic heterocycles. The number of rotatable bonds is 8. The van der Waals surface area contributed by atoms with Crippen LogP contribution in [0.5, 0.6) is 0 Å². The molecule has 0 unspecified atom stereocenters. The molecule has 1 aliphatic carbocycles. The fourth-order valence-electron chi connectivity index (χ4n) is 1.92. The Balaban J connectivity index is 2.20. The summed E-state index contributed by atoms with van der Waals surface area (Å²) in [6.07, 6.45) is 4.91. The summed E-state index contributed by atoms with van der Waals surface area (Å²) in [5.74, 6) is 0.291. The smallest absolute Gasteiger partial charge is 0.214 e. The van der Waals surface area contributed by atoms with E-state index in [1.807, 2.05) is 0 Å². The van der Waals surface area contributed by atoms with Gasteiger partial charge in [-0.3, -0.25) is 0 Å². The molecule has 4 nitrogen and oxygen atoms in total. The summed E-state index contributed by atoms with van der Waals surface area (Å²) in [6.45, 7) is 5.10. The minimum atomic E-state index is -3.02. The van der Waals surface area contributed by atoms with Crippen LogP contribution in [0.2, 0.25) is 0 Å². The molecule has 0 spiro atoms. The van der Waals surface area contributed by atoms with E-state index < -0.39 is 10.0 Å². The first-order chi connectivity index (χ1) is 7.93. The summed E-state index contributed by atoms with van der Waals surface area (Å²) < 4.78 is 25.5. The zero-order valence-corrected chi connectivity index (χ0v) is 12.1. The molecule has 1 aliphatic rings. The maximum absolute atomic E-state index is 12.0. The van der Waals surface area contributed by atoms with Gasteiger partial charge in [-0.15, -0.1) is 0 Å². The summed E-state index contributed by atoms with van der Waals surface area (Å²) >= 11 is 0. The van der Waals surface area contributed by atoms with Crippen LogP contribution in [0.25, 0.3) is 0 Å². The Hall–Kier alpha value is -0.130. The number of hydrogen-bond donors (Lipinski definition) is 1. The van der Waals surface area contributed by atoms with Gasteiger partial charge in [-0.05, 0) is 32.2 Å². The summed E-state index contributed by atoms with van der Waals surface area (Å²) in [6, 6.07) is 0.748. The topological polar surface area (TPSA) is 49.4 Å². The third kappa shape index (κ3) is 4.94. The summed E-state index contributed by atoms with van der Waals surface area (Å²) in [7, 11) is -1.29. The van der Waals surface area contributed by atoms with Crippen LogP contribution in [0.4, 0.5) is 0 Å². The number of nitrogens with one attached hydrogen (secondary N) is 1. The highest BCUT2D eigenvalue weighted by atomic mass is 32.2. The Morgan fingerprint density at radius 2 is 1.94 bits per heavy atom. The monoisotopic (exact) mass is 262 g/mol. The van der Waals surface area contributed by atoms with Crippen molar-refractivity contribution in [2.75, 3.05) is 19.3 Å². The van der Waals surface area contributed by atoms with Crippen LogP contribution in [-0.4, -0.2) is 44.2 Å². The van der Waals surface area contributed by atoms with Gasteiger partial charge in [-0.1, -0.05) is 20.3 Å². The standard InChI is InChI=1S/C12H26N2O2S/c1-11(2)13-9-4-5-10-17(15,16)14(3)12-7-6-8-12/h11-13H,4-10H2,1-3H3. The largest absolute Gasteiger partial charge is 0.315 e. The Labute approximate surface area is 106 Å². The fourth-order valence-corrected chi connectivity index (χ4v) is 3.44. The van der Waals surface area contributed by atoms with Crippen molar-refractivity contribution in [3.05, 3.63) is 0 Å². The molecule has 1 N–H and O–H groups in total. The number of nitrogens with zero attached hydrogens (tertiary/aromatic N) is 1. The number of sulfonamides is 1. The van der Waals surface area contributed by atoms with Crippen molar-refractivity contribution >= 4 is 10.0 Å². The molecule has 102 valence electrons. The number of hydrogen-bond acceptors (Lipinski definition) is 3. The molecule has 0 aromatic carbocycles. The fraction of sp³-hybridized carbons (Fsp3) is 1.00. The van der Waals surface area contributed by atoms with Gasteiger partial charge in [0.2, 0.25) is 10.0 Å². The van der Waals surface area contributed by atoms with Crippen molar-refractivity contribution in [2.45, 2.75) is 58.0 Å². The van der Waals surface area contributed by atoms with E-state index in [9.17, 15) is 8.42 Å². The van der Waals surface area contributed by atoms with Crippen molar-refractivity contribution in [1.29, 1.82) is 0 Å². The van der Waals surface area contributed by atoms with E-state index in [4.69, 9.17) is 0 Å². The zero-order valence-electron chi connectivity index (χ0n) is 11.3. The first-order valence-corrected chi connectivity index (χ1v) is 8.23. The molecule has 0 aromatic rings. The lowest BCUT2D eigenvalue weighted by molar-refractivity contribution is 0.249. The molecule has 1 saturated carbocycles. The van der Waals surface area contributed by atoms with Gasteiger partial charge in [0.25, 0.3) is 0 Å². The maximum Gasteiger partial charge on any atom is 0.214 e. The van der Waals surface area contributed by atoms with Gasteiger partial charge in [-0.2, -0.15) is 0 Å². The van der Waals surface area contributed by atoms with Gasteiger partial charge in [0, 0.05) is 19.1 Å². The van der Waals surface area contributed by atoms with Crippen LogP contribution in [0.3, 0.4) is 0 Å². The minimum absolute atomic E-state index is 0.272. The highest BCUT2D eigenvalue weighted by Gasteiger charge is 2.29. The Bertz CT molecular complexity index is 310. The van der Waals surface area contributed by atoms with Crippen LogP contribution >= 0.6 is 0 Å². The molecular formula is C12H26N2O2S. The molecule has 0 atom stereocenters. The van der Waals surface area contributed by atoms with E-state index in [2.05, 4.69) is 19.2 Å². The van der Waals surface area contributed by atoms with E-state index in [0.717, 1.165) is 32.2 Å². The molecule has 0 bridgehead atoms. The predicted molar refractivity (Wildman–Crippen MR) is 71.6 cm³/mol. The molecule has 0 heterocycles. The van der Waals surface area contributed by atoms with E-state index in [-0.39, 0.29) is 6.04 Å². The second kappa shape index (κ2) is 6.71. The summed E-state index contributed by atoms with van der Waals surface area (Å²) in [4.78, 5) is 0. The van der Waals surface area contributed by atoms with Gasteiger partial charge in [0.1, 0.15) is 0 Å². The van der Waals surface area contributed by atoms with Crippen LogP contribution in [0.15, 0.2) is 0 Å². The van der Waals surface area contributed by atoms with Crippen molar-refractivity contribution in [3.63, 3.8) is 0 Å². The lowest BCUT2D eigenvalue weighted by atomic mass is 9.94. The summed E-state index contributed by atoms with van der Waals surface area (Å²) in [5, 5.41) is 3.30. The molecule has 0 amide bonds. The van der Waals surface area contributed by atoms with Gasteiger partial charge < -0.3 is 5.32 Å². The minimum Gasteiger partial charge on any atom is -0.315 e. The first-order valence-electron chi connectivity index (χ1n) is 6.62. The average Bonchev–Trinajstić information content (AvgIpc) is 2.13. The molecular weight excluding hydrogens is 236 g/mol. The first kappa shape index (κ1) is 14.9. The van der Waals surface area contributed by atoms with E-state index >= 15 is 0 Å². The molecule has 17 heavy (non-hydrogen) atoms. The van der Waals surface area contributed by atoms with Crippen molar-refractivity contribution < 1.29 is 8.42 Å². The average molecular weight is 262 g/mol.